The Bertz CT molecular complexity index is 1550. The van der Waals surface area contributed by atoms with Gasteiger partial charge in [0.25, 0.3) is 10.0 Å². The average Bonchev–Trinajstić information content (AvgIpc) is 3.03. The molecule has 0 aliphatic rings. The number of methoxy groups -OCH3 is 2. The van der Waals surface area contributed by atoms with Crippen molar-refractivity contribution >= 4 is 39.1 Å². The molecular weight excluding hydrogens is 618 g/mol. The van der Waals surface area contributed by atoms with Gasteiger partial charge in [0.1, 0.15) is 18.3 Å². The molecule has 0 aliphatic heterocycles. The van der Waals surface area contributed by atoms with Crippen molar-refractivity contribution in [3.8, 4) is 17.2 Å². The van der Waals surface area contributed by atoms with Gasteiger partial charge in [-0.15, -0.1) is 0 Å². The van der Waals surface area contributed by atoms with E-state index in [-0.39, 0.29) is 34.7 Å². The molecular formula is C33H42ClN3O7S. The molecule has 244 valence electrons. The molecule has 3 aromatic carbocycles. The molecule has 45 heavy (non-hydrogen) atoms. The maximum Gasteiger partial charge on any atom is 0.264 e. The number of halogens is 1. The maximum absolute atomic E-state index is 14.3. The minimum atomic E-state index is -4.34. The molecule has 0 aliphatic carbocycles. The number of nitrogens with one attached hydrogen (secondary N) is 1. The monoisotopic (exact) mass is 659 g/mol. The Morgan fingerprint density at radius 1 is 0.933 bits per heavy atom. The van der Waals surface area contributed by atoms with Crippen molar-refractivity contribution in [2.45, 2.75) is 51.6 Å². The molecule has 3 rings (SSSR count). The third kappa shape index (κ3) is 9.04. The minimum Gasteiger partial charge on any atom is -0.494 e. The first-order valence-corrected chi connectivity index (χ1v) is 16.6. The molecule has 0 heterocycles. The number of ether oxygens (including phenoxy) is 3. The summed E-state index contributed by atoms with van der Waals surface area (Å²) >= 11 is 6.47. The van der Waals surface area contributed by atoms with Gasteiger partial charge in [0.05, 0.1) is 31.4 Å². The van der Waals surface area contributed by atoms with Crippen LogP contribution in [0.4, 0.5) is 5.69 Å². The van der Waals surface area contributed by atoms with Crippen LogP contribution in [0.2, 0.25) is 5.02 Å². The number of nitrogens with zero attached hydrogens (tertiary/aromatic N) is 2. The molecule has 12 heteroatoms. The molecule has 0 unspecified atom stereocenters. The second-order valence-corrected chi connectivity index (χ2v) is 12.9. The van der Waals surface area contributed by atoms with Gasteiger partial charge < -0.3 is 24.4 Å². The first-order valence-electron chi connectivity index (χ1n) is 14.7. The van der Waals surface area contributed by atoms with E-state index in [1.54, 1.807) is 55.5 Å². The van der Waals surface area contributed by atoms with Gasteiger partial charge in [0.15, 0.2) is 11.5 Å². The van der Waals surface area contributed by atoms with E-state index in [4.69, 9.17) is 25.8 Å². The van der Waals surface area contributed by atoms with Crippen LogP contribution in [0.15, 0.2) is 71.6 Å². The Kier molecular flexibility index (Phi) is 12.9. The first kappa shape index (κ1) is 35.5. The van der Waals surface area contributed by atoms with Crippen molar-refractivity contribution < 1.29 is 32.2 Å². The summed E-state index contributed by atoms with van der Waals surface area (Å²) in [7, 11) is -1.48. The number of hydrogen-bond donors (Lipinski definition) is 1. The van der Waals surface area contributed by atoms with Gasteiger partial charge in [-0.3, -0.25) is 13.9 Å². The highest BCUT2D eigenvalue weighted by atomic mass is 35.5. The van der Waals surface area contributed by atoms with E-state index in [1.807, 2.05) is 20.8 Å². The average molecular weight is 660 g/mol. The lowest BCUT2D eigenvalue weighted by Crippen LogP contribution is -2.52. The van der Waals surface area contributed by atoms with Gasteiger partial charge in [-0.2, -0.15) is 0 Å². The zero-order chi connectivity index (χ0) is 33.1. The van der Waals surface area contributed by atoms with E-state index in [0.717, 1.165) is 4.31 Å². The molecule has 3 aromatic rings. The number of anilines is 1. The Labute approximate surface area is 271 Å². The quantitative estimate of drug-likeness (QED) is 0.215. The Morgan fingerprint density at radius 2 is 1.60 bits per heavy atom. The molecule has 1 atom stereocenters. The highest BCUT2D eigenvalue weighted by Crippen LogP contribution is 2.33. The van der Waals surface area contributed by atoms with Crippen LogP contribution in [-0.4, -0.2) is 65.1 Å². The first-order chi connectivity index (χ1) is 21.5. The summed E-state index contributed by atoms with van der Waals surface area (Å²) in [5, 5.41) is 3.34. The van der Waals surface area contributed by atoms with Crippen LogP contribution in [0.1, 0.15) is 39.7 Å². The van der Waals surface area contributed by atoms with Crippen LogP contribution in [0.5, 0.6) is 17.2 Å². The van der Waals surface area contributed by atoms with Crippen LogP contribution in [0, 0.1) is 5.92 Å². The van der Waals surface area contributed by atoms with Crippen molar-refractivity contribution in [1.82, 2.24) is 10.2 Å². The largest absolute Gasteiger partial charge is 0.494 e. The number of amides is 2. The number of carbonyl (C=O) groups excluding carboxylic acids is 2. The zero-order valence-electron chi connectivity index (χ0n) is 26.6. The molecule has 0 spiro atoms. The van der Waals surface area contributed by atoms with E-state index in [9.17, 15) is 18.0 Å². The predicted molar refractivity (Wildman–Crippen MR) is 176 cm³/mol. The molecule has 0 saturated carbocycles. The molecule has 10 nitrogen and oxygen atoms in total. The molecule has 0 saturated heterocycles. The Hall–Kier alpha value is -3.96. The summed E-state index contributed by atoms with van der Waals surface area (Å²) in [6.45, 7) is 7.85. The van der Waals surface area contributed by atoms with Crippen molar-refractivity contribution in [3.05, 3.63) is 77.3 Å². The fraction of sp³-hybridized carbons (Fsp3) is 0.394. The van der Waals surface area contributed by atoms with E-state index in [0.29, 0.717) is 41.7 Å². The molecule has 0 radical (unpaired) electrons. The normalized spacial score (nSPS) is 11.9. The fourth-order valence-corrected chi connectivity index (χ4v) is 6.29. The van der Waals surface area contributed by atoms with Crippen LogP contribution in [-0.2, 0) is 26.2 Å². The van der Waals surface area contributed by atoms with Crippen molar-refractivity contribution in [2.24, 2.45) is 5.92 Å². The molecule has 1 N–H and O–H groups in total. The third-order valence-corrected chi connectivity index (χ3v) is 9.17. The second kappa shape index (κ2) is 16.4. The summed E-state index contributed by atoms with van der Waals surface area (Å²) in [5.74, 6) is 0.389. The van der Waals surface area contributed by atoms with Crippen molar-refractivity contribution in [2.75, 3.05) is 38.2 Å². The standard InChI is InChI=1S/C33H42ClN3O7S/c1-7-29(33(39)35-20-23(3)4)36(21-24-11-9-10-12-28(24)34)32(38)22-37(25-13-15-26(16-14-25)44-8-2)45(40,41)27-17-18-30(42-5)31(19-27)43-6/h9-19,23,29H,7-8,20-22H2,1-6H3,(H,35,39)/t29-/m1/s1. The lowest BCUT2D eigenvalue weighted by Gasteiger charge is -2.33. The van der Waals surface area contributed by atoms with Crippen LogP contribution in [0.25, 0.3) is 0 Å². The SMILES string of the molecule is CCOc1ccc(N(CC(=O)N(Cc2ccccc2Cl)[C@H](CC)C(=O)NCC(C)C)S(=O)(=O)c2ccc(OC)c(OC)c2)cc1. The molecule has 2 amide bonds. The van der Waals surface area contributed by atoms with Crippen LogP contribution < -0.4 is 23.8 Å². The number of carbonyl (C=O) groups is 2. The summed E-state index contributed by atoms with van der Waals surface area (Å²) in [6.07, 6.45) is 0.297. The highest BCUT2D eigenvalue weighted by Gasteiger charge is 2.34. The van der Waals surface area contributed by atoms with E-state index >= 15 is 0 Å². The summed E-state index contributed by atoms with van der Waals surface area (Å²) in [4.78, 5) is 29.0. The summed E-state index contributed by atoms with van der Waals surface area (Å²) in [6, 6.07) is 16.8. The number of hydrogen-bond acceptors (Lipinski definition) is 7. The minimum absolute atomic E-state index is 0.000361. The topological polar surface area (TPSA) is 114 Å². The number of sulfonamides is 1. The predicted octanol–water partition coefficient (Wildman–Crippen LogP) is 5.53. The van der Waals surface area contributed by atoms with Gasteiger partial charge in [-0.1, -0.05) is 50.6 Å². The van der Waals surface area contributed by atoms with E-state index in [1.165, 1.54) is 37.3 Å². The number of rotatable bonds is 16. The van der Waals surface area contributed by atoms with Gasteiger partial charge in [-0.05, 0) is 67.3 Å². The lowest BCUT2D eigenvalue weighted by molar-refractivity contribution is -0.140. The Morgan fingerprint density at radius 3 is 2.18 bits per heavy atom. The molecule has 0 fully saturated rings. The maximum atomic E-state index is 14.3. The van der Waals surface area contributed by atoms with Gasteiger partial charge in [0, 0.05) is 24.2 Å². The van der Waals surface area contributed by atoms with Gasteiger partial charge in [0.2, 0.25) is 11.8 Å². The van der Waals surface area contributed by atoms with E-state index in [2.05, 4.69) is 5.32 Å². The highest BCUT2D eigenvalue weighted by molar-refractivity contribution is 7.92. The van der Waals surface area contributed by atoms with Crippen LogP contribution in [0.3, 0.4) is 0 Å². The Balaban J connectivity index is 2.11. The second-order valence-electron chi connectivity index (χ2n) is 10.6. The number of benzene rings is 3. The van der Waals surface area contributed by atoms with Gasteiger partial charge in [-0.25, -0.2) is 8.42 Å². The molecule has 0 aromatic heterocycles. The lowest BCUT2D eigenvalue weighted by atomic mass is 10.1. The molecule has 0 bridgehead atoms. The zero-order valence-corrected chi connectivity index (χ0v) is 28.2. The van der Waals surface area contributed by atoms with Crippen molar-refractivity contribution in [1.29, 1.82) is 0 Å². The van der Waals surface area contributed by atoms with E-state index < -0.39 is 28.5 Å². The van der Waals surface area contributed by atoms with Gasteiger partial charge >= 0.3 is 0 Å². The summed E-state index contributed by atoms with van der Waals surface area (Å²) in [5.41, 5.74) is 0.856. The smallest absolute Gasteiger partial charge is 0.264 e. The van der Waals surface area contributed by atoms with Crippen LogP contribution >= 0.6 is 11.6 Å². The summed E-state index contributed by atoms with van der Waals surface area (Å²) < 4.78 is 45.7. The van der Waals surface area contributed by atoms with Crippen molar-refractivity contribution in [3.63, 3.8) is 0 Å². The third-order valence-electron chi connectivity index (χ3n) is 7.03. The fourth-order valence-electron chi connectivity index (χ4n) is 4.66.